The second kappa shape index (κ2) is 8.48. The van der Waals surface area contributed by atoms with Crippen molar-refractivity contribution in [2.75, 3.05) is 17.7 Å². The van der Waals surface area contributed by atoms with Gasteiger partial charge in [-0.1, -0.05) is 17.7 Å². The van der Waals surface area contributed by atoms with E-state index >= 15 is 0 Å². The van der Waals surface area contributed by atoms with E-state index in [0.29, 0.717) is 5.69 Å². The summed E-state index contributed by atoms with van der Waals surface area (Å²) in [5.41, 5.74) is 0.436. The number of anilines is 2. The van der Waals surface area contributed by atoms with E-state index in [0.717, 1.165) is 0 Å². The Morgan fingerprint density at radius 3 is 2.50 bits per heavy atom. The first-order valence-corrected chi connectivity index (χ1v) is 7.70. The van der Waals surface area contributed by atoms with Crippen LogP contribution in [-0.2, 0) is 4.79 Å². The Morgan fingerprint density at radius 1 is 1.15 bits per heavy atom. The number of carbonyl (C=O) groups is 2. The molecule has 9 heteroatoms. The number of carbonyl (C=O) groups excluding carboxylic acids is 2. The Bertz CT molecular complexity index is 830. The van der Waals surface area contributed by atoms with E-state index in [1.165, 1.54) is 44.4 Å². The molecule has 2 rings (SSSR count). The second-order valence-electron chi connectivity index (χ2n) is 5.05. The lowest BCUT2D eigenvalue weighted by Gasteiger charge is -2.15. The lowest BCUT2D eigenvalue weighted by Crippen LogP contribution is -2.16. The minimum atomic E-state index is -3.13. The molecule has 2 aromatic carbocycles. The van der Waals surface area contributed by atoms with Crippen LogP contribution in [0.25, 0.3) is 0 Å². The van der Waals surface area contributed by atoms with Crippen molar-refractivity contribution in [1.29, 1.82) is 0 Å². The molecule has 138 valence electrons. The molecule has 0 atom stereocenters. The monoisotopic (exact) mass is 384 g/mol. The molecule has 0 spiro atoms. The minimum Gasteiger partial charge on any atom is -0.493 e. The SMILES string of the molecule is COc1cccc(C(=O)Nc2cc(NC(C)=O)ccc2Cl)c1OC(F)F. The van der Waals surface area contributed by atoms with Crippen molar-refractivity contribution < 1.29 is 27.8 Å². The second-order valence-corrected chi connectivity index (χ2v) is 5.45. The smallest absolute Gasteiger partial charge is 0.387 e. The van der Waals surface area contributed by atoms with Crippen LogP contribution in [0, 0.1) is 0 Å². The van der Waals surface area contributed by atoms with Gasteiger partial charge >= 0.3 is 6.61 Å². The summed E-state index contributed by atoms with van der Waals surface area (Å²) in [4.78, 5) is 23.7. The van der Waals surface area contributed by atoms with Crippen molar-refractivity contribution in [3.63, 3.8) is 0 Å². The standard InChI is InChI=1S/C17H15ClF2N2O4/c1-9(23)21-10-6-7-12(18)13(8-10)22-16(24)11-4-3-5-14(25-2)15(11)26-17(19)20/h3-8,17H,1-2H3,(H,21,23)(H,22,24). The Morgan fingerprint density at radius 2 is 1.88 bits per heavy atom. The first-order valence-electron chi connectivity index (χ1n) is 7.32. The zero-order valence-electron chi connectivity index (χ0n) is 13.8. The van der Waals surface area contributed by atoms with E-state index in [1.54, 1.807) is 6.07 Å². The summed E-state index contributed by atoms with van der Waals surface area (Å²) in [5, 5.41) is 5.25. The molecule has 0 saturated carbocycles. The molecule has 26 heavy (non-hydrogen) atoms. The van der Waals surface area contributed by atoms with Crippen LogP contribution in [0.1, 0.15) is 17.3 Å². The van der Waals surface area contributed by atoms with Gasteiger partial charge in [-0.05, 0) is 30.3 Å². The molecule has 6 nitrogen and oxygen atoms in total. The predicted octanol–water partition coefficient (Wildman–Crippen LogP) is 4.16. The summed E-state index contributed by atoms with van der Waals surface area (Å²) < 4.78 is 34.7. The predicted molar refractivity (Wildman–Crippen MR) is 93.3 cm³/mol. The van der Waals surface area contributed by atoms with Crippen LogP contribution in [0.2, 0.25) is 5.02 Å². The fourth-order valence-electron chi connectivity index (χ4n) is 2.16. The third kappa shape index (κ3) is 4.82. The molecule has 0 fully saturated rings. The maximum Gasteiger partial charge on any atom is 0.387 e. The highest BCUT2D eigenvalue weighted by Gasteiger charge is 2.21. The van der Waals surface area contributed by atoms with Crippen molar-refractivity contribution in [3.8, 4) is 11.5 Å². The van der Waals surface area contributed by atoms with Crippen LogP contribution in [-0.4, -0.2) is 25.5 Å². The molecule has 2 aromatic rings. The van der Waals surface area contributed by atoms with Crippen molar-refractivity contribution in [3.05, 3.63) is 47.0 Å². The molecule has 2 N–H and O–H groups in total. The van der Waals surface area contributed by atoms with Gasteiger partial charge in [0.2, 0.25) is 5.91 Å². The molecule has 0 aromatic heterocycles. The van der Waals surface area contributed by atoms with Crippen molar-refractivity contribution in [2.24, 2.45) is 0 Å². The number of ether oxygens (including phenoxy) is 2. The zero-order chi connectivity index (χ0) is 19.3. The minimum absolute atomic E-state index is 0.0176. The number of alkyl halides is 2. The van der Waals surface area contributed by atoms with Crippen molar-refractivity contribution >= 4 is 34.8 Å². The third-order valence-electron chi connectivity index (χ3n) is 3.19. The highest BCUT2D eigenvalue weighted by molar-refractivity contribution is 6.34. The number of benzene rings is 2. The van der Waals surface area contributed by atoms with Gasteiger partial charge in [0.1, 0.15) is 0 Å². The van der Waals surface area contributed by atoms with Gasteiger partial charge in [0.05, 0.1) is 23.4 Å². The Labute approximate surface area is 153 Å². The molecule has 0 bridgehead atoms. The molecule has 0 aliphatic carbocycles. The average Bonchev–Trinajstić information content (AvgIpc) is 2.57. The van der Waals surface area contributed by atoms with E-state index < -0.39 is 18.3 Å². The Hall–Kier alpha value is -2.87. The van der Waals surface area contributed by atoms with Gasteiger partial charge < -0.3 is 20.1 Å². The molecule has 0 saturated heterocycles. The summed E-state index contributed by atoms with van der Waals surface area (Å²) in [7, 11) is 1.27. The molecule has 0 aliphatic heterocycles. The maximum atomic E-state index is 12.7. The van der Waals surface area contributed by atoms with Crippen LogP contribution in [0.5, 0.6) is 11.5 Å². The Kier molecular flexibility index (Phi) is 6.35. The number of rotatable bonds is 6. The molecular weight excluding hydrogens is 370 g/mol. The summed E-state index contributed by atoms with van der Waals surface area (Å²) in [6.07, 6.45) is 0. The lowest BCUT2D eigenvalue weighted by molar-refractivity contribution is -0.114. The summed E-state index contributed by atoms with van der Waals surface area (Å²) in [6, 6.07) is 8.62. The third-order valence-corrected chi connectivity index (χ3v) is 3.51. The normalized spacial score (nSPS) is 10.4. The number of para-hydroxylation sites is 1. The topological polar surface area (TPSA) is 76.7 Å². The Balaban J connectivity index is 2.34. The number of hydrogen-bond acceptors (Lipinski definition) is 4. The van der Waals surface area contributed by atoms with Crippen LogP contribution in [0.4, 0.5) is 20.2 Å². The fourth-order valence-corrected chi connectivity index (χ4v) is 2.32. The molecule has 0 radical (unpaired) electrons. The average molecular weight is 385 g/mol. The van der Waals surface area contributed by atoms with E-state index in [-0.39, 0.29) is 27.9 Å². The van der Waals surface area contributed by atoms with Gasteiger partial charge in [-0.3, -0.25) is 9.59 Å². The summed E-state index contributed by atoms with van der Waals surface area (Å²) in [6.45, 7) is -1.80. The first kappa shape index (κ1) is 19.5. The highest BCUT2D eigenvalue weighted by Crippen LogP contribution is 2.34. The van der Waals surface area contributed by atoms with Gasteiger partial charge in [-0.15, -0.1) is 0 Å². The van der Waals surface area contributed by atoms with Crippen molar-refractivity contribution in [1.82, 2.24) is 0 Å². The van der Waals surface area contributed by atoms with Gasteiger partial charge in [-0.25, -0.2) is 0 Å². The van der Waals surface area contributed by atoms with Gasteiger partial charge in [0.25, 0.3) is 5.91 Å². The van der Waals surface area contributed by atoms with E-state index in [2.05, 4.69) is 15.4 Å². The van der Waals surface area contributed by atoms with Crippen LogP contribution in [0.3, 0.4) is 0 Å². The molecule has 0 aliphatic rings. The highest BCUT2D eigenvalue weighted by atomic mass is 35.5. The van der Waals surface area contributed by atoms with Crippen LogP contribution >= 0.6 is 11.6 Å². The zero-order valence-corrected chi connectivity index (χ0v) is 14.6. The molecule has 2 amide bonds. The molecular formula is C17H15ClF2N2O4. The fraction of sp³-hybridized carbons (Fsp3) is 0.176. The number of nitrogens with one attached hydrogen (secondary N) is 2. The summed E-state index contributed by atoms with van der Waals surface area (Å²) in [5.74, 6) is -1.45. The molecule has 0 unspecified atom stereocenters. The number of hydrogen-bond donors (Lipinski definition) is 2. The van der Waals surface area contributed by atoms with Gasteiger partial charge in [0, 0.05) is 12.6 Å². The van der Waals surface area contributed by atoms with Crippen LogP contribution < -0.4 is 20.1 Å². The number of amides is 2. The number of methoxy groups -OCH3 is 1. The lowest BCUT2D eigenvalue weighted by atomic mass is 10.1. The van der Waals surface area contributed by atoms with Crippen molar-refractivity contribution in [2.45, 2.75) is 13.5 Å². The van der Waals surface area contributed by atoms with E-state index in [1.807, 2.05) is 0 Å². The first-order chi connectivity index (χ1) is 12.3. The largest absolute Gasteiger partial charge is 0.493 e. The van der Waals surface area contributed by atoms with Gasteiger partial charge in [-0.2, -0.15) is 8.78 Å². The van der Waals surface area contributed by atoms with E-state index in [4.69, 9.17) is 16.3 Å². The quantitative estimate of drug-likeness (QED) is 0.784. The van der Waals surface area contributed by atoms with E-state index in [9.17, 15) is 18.4 Å². The number of halogens is 3. The molecule has 0 heterocycles. The van der Waals surface area contributed by atoms with Crippen LogP contribution in [0.15, 0.2) is 36.4 Å². The summed E-state index contributed by atoms with van der Waals surface area (Å²) >= 11 is 6.04. The maximum absolute atomic E-state index is 12.7. The van der Waals surface area contributed by atoms with Gasteiger partial charge in [0.15, 0.2) is 11.5 Å².